The van der Waals surface area contributed by atoms with E-state index in [1.165, 1.54) is 6.08 Å². The van der Waals surface area contributed by atoms with E-state index in [1.807, 2.05) is 0 Å². The number of H-pyrrole nitrogens is 1. The number of carbonyl (C=O) groups is 2. The lowest BCUT2D eigenvalue weighted by Gasteiger charge is -2.34. The second-order valence-electron chi connectivity index (χ2n) is 6.94. The van der Waals surface area contributed by atoms with Gasteiger partial charge in [-0.1, -0.05) is 13.5 Å². The summed E-state index contributed by atoms with van der Waals surface area (Å²) in [4.78, 5) is 40.1. The highest BCUT2D eigenvalue weighted by Gasteiger charge is 2.34. The molecule has 2 N–H and O–H groups in total. The largest absolute Gasteiger partial charge is 0.352 e. The maximum absolute atomic E-state index is 12.5. The van der Waals surface area contributed by atoms with Gasteiger partial charge in [0.1, 0.15) is 11.3 Å². The van der Waals surface area contributed by atoms with Crippen molar-refractivity contribution >= 4 is 28.8 Å². The Morgan fingerprint density at radius 1 is 1.35 bits per heavy atom. The Morgan fingerprint density at radius 2 is 2.08 bits per heavy atom. The number of nitrogens with one attached hydrogen (secondary N) is 2. The van der Waals surface area contributed by atoms with Gasteiger partial charge in [-0.05, 0) is 18.4 Å². The minimum absolute atomic E-state index is 0.0508. The van der Waals surface area contributed by atoms with Crippen LogP contribution >= 0.6 is 0 Å². The van der Waals surface area contributed by atoms with Crippen LogP contribution in [-0.4, -0.2) is 63.9 Å². The van der Waals surface area contributed by atoms with Crippen LogP contribution in [0.1, 0.15) is 23.7 Å². The zero-order valence-corrected chi connectivity index (χ0v) is 14.7. The van der Waals surface area contributed by atoms with E-state index in [4.69, 9.17) is 0 Å². The fourth-order valence-corrected chi connectivity index (χ4v) is 3.26. The highest BCUT2D eigenvalue weighted by molar-refractivity contribution is 6.04. The number of amides is 2. The van der Waals surface area contributed by atoms with Crippen molar-refractivity contribution in [1.82, 2.24) is 25.2 Å². The van der Waals surface area contributed by atoms with Crippen LogP contribution in [0, 0.1) is 5.92 Å². The van der Waals surface area contributed by atoms with Crippen LogP contribution in [0.25, 0.3) is 11.2 Å². The van der Waals surface area contributed by atoms with Crippen LogP contribution in [0.3, 0.4) is 0 Å². The summed E-state index contributed by atoms with van der Waals surface area (Å²) in [5.41, 5.74) is 1.70. The summed E-state index contributed by atoms with van der Waals surface area (Å²) in [6.07, 6.45) is 5.73. The normalized spacial score (nSPS) is 22.3. The van der Waals surface area contributed by atoms with Crippen molar-refractivity contribution in [2.75, 3.05) is 31.1 Å². The van der Waals surface area contributed by atoms with E-state index in [-0.39, 0.29) is 17.9 Å². The molecule has 3 heterocycles. The number of aromatic nitrogens is 3. The van der Waals surface area contributed by atoms with Gasteiger partial charge in [0.05, 0.1) is 11.8 Å². The van der Waals surface area contributed by atoms with Gasteiger partial charge in [-0.3, -0.25) is 9.59 Å². The van der Waals surface area contributed by atoms with Gasteiger partial charge >= 0.3 is 0 Å². The number of aromatic amines is 1. The maximum Gasteiger partial charge on any atom is 0.255 e. The lowest BCUT2D eigenvalue weighted by molar-refractivity contribution is -0.126. The molecule has 0 aromatic carbocycles. The van der Waals surface area contributed by atoms with E-state index in [0.717, 1.165) is 12.2 Å². The lowest BCUT2D eigenvalue weighted by Crippen LogP contribution is -2.48. The Balaban J connectivity index is 1.52. The average molecular weight is 354 g/mol. The smallest absolute Gasteiger partial charge is 0.255 e. The first kappa shape index (κ1) is 16.6. The van der Waals surface area contributed by atoms with Gasteiger partial charge in [-0.15, -0.1) is 0 Å². The molecular formula is C18H22N6O2. The zero-order valence-electron chi connectivity index (χ0n) is 14.7. The molecule has 8 nitrogen and oxygen atoms in total. The summed E-state index contributed by atoms with van der Waals surface area (Å²) < 4.78 is 0. The summed E-state index contributed by atoms with van der Waals surface area (Å²) in [5.74, 6) is 1.10. The maximum atomic E-state index is 12.5. The molecule has 2 aromatic heterocycles. The average Bonchev–Trinajstić information content (AvgIpc) is 3.19. The quantitative estimate of drug-likeness (QED) is 0.797. The summed E-state index contributed by atoms with van der Waals surface area (Å²) in [5, 5.41) is 3.03. The Hall–Kier alpha value is -2.90. The highest BCUT2D eigenvalue weighted by atomic mass is 16.2. The number of carbonyl (C=O) groups excluding carboxylic acids is 2. The molecule has 1 saturated heterocycles. The molecule has 26 heavy (non-hydrogen) atoms. The topological polar surface area (TPSA) is 94.2 Å². The van der Waals surface area contributed by atoms with Crippen molar-refractivity contribution < 1.29 is 9.59 Å². The fraction of sp³-hybridized carbons (Fsp3) is 0.444. The summed E-state index contributed by atoms with van der Waals surface area (Å²) in [6.45, 7) is 8.22. The first-order chi connectivity index (χ1) is 12.6. The second-order valence-corrected chi connectivity index (χ2v) is 6.94. The van der Waals surface area contributed by atoms with E-state index < -0.39 is 0 Å². The second kappa shape index (κ2) is 6.44. The van der Waals surface area contributed by atoms with Crippen molar-refractivity contribution in [3.63, 3.8) is 0 Å². The standard InChI is InChI=1S/C18H22N6O2/c1-3-15(25)24-6-4-23(5-7-24)14-10-20-17-16(22-14)12(9-19-17)18(26)21-13-8-11(13)2/h3,9-11,13H,1,4-8H2,2H3,(H,19,20)(H,21,26)/t11-,13-/m1/s1. The number of rotatable bonds is 4. The molecule has 8 heteroatoms. The summed E-state index contributed by atoms with van der Waals surface area (Å²) in [6, 6.07) is 0.263. The van der Waals surface area contributed by atoms with Crippen molar-refractivity contribution in [3.05, 3.63) is 30.6 Å². The molecule has 1 aliphatic heterocycles. The van der Waals surface area contributed by atoms with E-state index in [0.29, 0.717) is 48.8 Å². The highest BCUT2D eigenvalue weighted by Crippen LogP contribution is 2.29. The van der Waals surface area contributed by atoms with Crippen LogP contribution in [0.5, 0.6) is 0 Å². The van der Waals surface area contributed by atoms with Gasteiger partial charge < -0.3 is 20.1 Å². The van der Waals surface area contributed by atoms with Crippen LogP contribution in [0.4, 0.5) is 5.82 Å². The van der Waals surface area contributed by atoms with Crippen LogP contribution in [-0.2, 0) is 4.79 Å². The monoisotopic (exact) mass is 354 g/mol. The van der Waals surface area contributed by atoms with Gasteiger partial charge in [-0.25, -0.2) is 9.97 Å². The van der Waals surface area contributed by atoms with Crippen molar-refractivity contribution in [3.8, 4) is 0 Å². The van der Waals surface area contributed by atoms with Gasteiger partial charge in [0.25, 0.3) is 5.91 Å². The fourth-order valence-electron chi connectivity index (χ4n) is 3.26. The molecule has 2 aromatic rings. The molecule has 2 atom stereocenters. The lowest BCUT2D eigenvalue weighted by atomic mass is 10.2. The molecule has 4 rings (SSSR count). The van der Waals surface area contributed by atoms with Crippen LogP contribution in [0.2, 0.25) is 0 Å². The van der Waals surface area contributed by atoms with E-state index >= 15 is 0 Å². The summed E-state index contributed by atoms with van der Waals surface area (Å²) >= 11 is 0. The molecule has 1 aliphatic carbocycles. The van der Waals surface area contributed by atoms with E-state index in [9.17, 15) is 9.59 Å². The van der Waals surface area contributed by atoms with Crippen molar-refractivity contribution in [2.45, 2.75) is 19.4 Å². The third-order valence-corrected chi connectivity index (χ3v) is 5.13. The number of nitrogens with zero attached hydrogens (tertiary/aromatic N) is 4. The summed E-state index contributed by atoms with van der Waals surface area (Å²) in [7, 11) is 0. The Kier molecular flexibility index (Phi) is 4.10. The zero-order chi connectivity index (χ0) is 18.3. The SMILES string of the molecule is C=CC(=O)N1CCN(c2cnc3[nH]cc(C(=O)N[C@@H]4C[C@H]4C)c3n2)CC1. The van der Waals surface area contributed by atoms with Crippen LogP contribution in [0.15, 0.2) is 25.0 Å². The predicted octanol–water partition coefficient (Wildman–Crippen LogP) is 0.931. The molecule has 1 saturated carbocycles. The van der Waals surface area contributed by atoms with Gasteiger partial charge in [-0.2, -0.15) is 0 Å². The molecule has 0 bridgehead atoms. The van der Waals surface area contributed by atoms with Crippen molar-refractivity contribution in [1.29, 1.82) is 0 Å². The first-order valence-electron chi connectivity index (χ1n) is 8.88. The van der Waals surface area contributed by atoms with Gasteiger partial charge in [0, 0.05) is 38.4 Å². The molecule has 0 unspecified atom stereocenters. The molecule has 0 radical (unpaired) electrons. The Morgan fingerprint density at radius 3 is 2.73 bits per heavy atom. The number of hydrogen-bond donors (Lipinski definition) is 2. The molecule has 136 valence electrons. The Labute approximate surface area is 151 Å². The molecule has 2 fully saturated rings. The number of fused-ring (bicyclic) bond motifs is 1. The molecule has 2 amide bonds. The number of piperazine rings is 1. The minimum Gasteiger partial charge on any atom is -0.352 e. The van der Waals surface area contributed by atoms with E-state index in [2.05, 4.69) is 38.7 Å². The number of hydrogen-bond acceptors (Lipinski definition) is 5. The number of anilines is 1. The molecule has 2 aliphatic rings. The van der Waals surface area contributed by atoms with Crippen molar-refractivity contribution in [2.24, 2.45) is 5.92 Å². The predicted molar refractivity (Wildman–Crippen MR) is 97.9 cm³/mol. The van der Waals surface area contributed by atoms with Gasteiger partial charge in [0.15, 0.2) is 5.65 Å². The Bertz CT molecular complexity index is 868. The molecular weight excluding hydrogens is 332 g/mol. The van der Waals surface area contributed by atoms with Crippen LogP contribution < -0.4 is 10.2 Å². The third kappa shape index (κ3) is 3.02. The minimum atomic E-state index is -0.113. The molecule has 0 spiro atoms. The van der Waals surface area contributed by atoms with Gasteiger partial charge in [0.2, 0.25) is 5.91 Å². The third-order valence-electron chi connectivity index (χ3n) is 5.13. The van der Waals surface area contributed by atoms with E-state index in [1.54, 1.807) is 17.3 Å². The first-order valence-corrected chi connectivity index (χ1v) is 8.88.